The lowest BCUT2D eigenvalue weighted by atomic mass is 10.0. The van der Waals surface area contributed by atoms with Crippen LogP contribution in [0.15, 0.2) is 94.9 Å². The van der Waals surface area contributed by atoms with Crippen LogP contribution in [0.1, 0.15) is 33.9 Å². The van der Waals surface area contributed by atoms with Crippen LogP contribution in [0, 0.1) is 13.8 Å². The van der Waals surface area contributed by atoms with E-state index in [0.717, 1.165) is 47.0 Å². The van der Waals surface area contributed by atoms with Crippen LogP contribution in [-0.2, 0) is 12.8 Å². The Labute approximate surface area is 189 Å². The minimum Gasteiger partial charge on any atom is -0.254 e. The monoisotopic (exact) mass is 418 g/mol. The number of hydrogen-bond donors (Lipinski definition) is 0. The Balaban J connectivity index is 1.50. The van der Waals surface area contributed by atoms with Crippen LogP contribution < -0.4 is 0 Å². The number of rotatable bonds is 7. The first-order chi connectivity index (χ1) is 15.7. The van der Waals surface area contributed by atoms with Gasteiger partial charge in [-0.1, -0.05) is 48.5 Å². The summed E-state index contributed by atoms with van der Waals surface area (Å²) < 4.78 is 0. The molecular weight excluding hydrogens is 392 g/mol. The number of benzene rings is 2. The van der Waals surface area contributed by atoms with Crippen molar-refractivity contribution in [2.75, 3.05) is 0 Å². The summed E-state index contributed by atoms with van der Waals surface area (Å²) in [5.74, 6) is 0. The van der Waals surface area contributed by atoms with Gasteiger partial charge in [0, 0.05) is 11.4 Å². The Morgan fingerprint density at radius 2 is 1.00 bits per heavy atom. The normalized spacial score (nSPS) is 11.4. The molecule has 158 valence electrons. The number of para-hydroxylation sites is 2. The molecule has 0 amide bonds. The molecule has 0 aliphatic heterocycles. The van der Waals surface area contributed by atoms with Crippen molar-refractivity contribution in [3.8, 4) is 0 Å². The van der Waals surface area contributed by atoms with E-state index in [2.05, 4.69) is 46.4 Å². The lowest BCUT2D eigenvalue weighted by Crippen LogP contribution is -1.94. The second-order valence-electron chi connectivity index (χ2n) is 7.68. The van der Waals surface area contributed by atoms with Gasteiger partial charge in [0.25, 0.3) is 0 Å². The molecule has 0 unspecified atom stereocenters. The predicted octanol–water partition coefficient (Wildman–Crippen LogP) is 6.38. The lowest BCUT2D eigenvalue weighted by molar-refractivity contribution is 0.959. The van der Waals surface area contributed by atoms with Gasteiger partial charge >= 0.3 is 0 Å². The number of hydrogen-bond acceptors (Lipinski definition) is 4. The Morgan fingerprint density at radius 3 is 1.44 bits per heavy atom. The first-order valence-corrected chi connectivity index (χ1v) is 10.8. The number of aryl methyl sites for hydroxylation is 4. The van der Waals surface area contributed by atoms with Gasteiger partial charge < -0.3 is 0 Å². The van der Waals surface area contributed by atoms with Gasteiger partial charge in [0.05, 0.1) is 35.2 Å². The molecule has 0 N–H and O–H groups in total. The zero-order valence-corrected chi connectivity index (χ0v) is 18.4. The van der Waals surface area contributed by atoms with Crippen molar-refractivity contribution in [2.24, 2.45) is 9.98 Å². The minimum absolute atomic E-state index is 0.865. The molecule has 0 radical (unpaired) electrons. The SMILES string of the molecule is Cc1cccc(C=Nc2ccccc2CCc2ccccc2N=Cc2cccc(C)n2)n1. The largest absolute Gasteiger partial charge is 0.254 e. The Hall–Kier alpha value is -3.92. The lowest BCUT2D eigenvalue weighted by Gasteiger charge is -2.08. The molecule has 2 aromatic heterocycles. The maximum Gasteiger partial charge on any atom is 0.0815 e. The predicted molar refractivity (Wildman–Crippen MR) is 133 cm³/mol. The third kappa shape index (κ3) is 5.82. The maximum atomic E-state index is 4.71. The van der Waals surface area contributed by atoms with E-state index in [1.54, 1.807) is 0 Å². The fourth-order valence-corrected chi connectivity index (χ4v) is 3.51. The van der Waals surface area contributed by atoms with E-state index in [-0.39, 0.29) is 0 Å². The molecule has 0 aliphatic rings. The van der Waals surface area contributed by atoms with Gasteiger partial charge in [0.15, 0.2) is 0 Å². The fourth-order valence-electron chi connectivity index (χ4n) is 3.51. The number of pyridine rings is 2. The second-order valence-corrected chi connectivity index (χ2v) is 7.68. The fraction of sp³-hybridized carbons (Fsp3) is 0.143. The molecule has 0 aliphatic carbocycles. The van der Waals surface area contributed by atoms with E-state index >= 15 is 0 Å². The van der Waals surface area contributed by atoms with Crippen molar-refractivity contribution in [3.63, 3.8) is 0 Å². The molecule has 0 saturated heterocycles. The molecule has 4 aromatic rings. The summed E-state index contributed by atoms with van der Waals surface area (Å²) in [6.07, 6.45) is 5.42. The average molecular weight is 419 g/mol. The van der Waals surface area contributed by atoms with Gasteiger partial charge in [0.1, 0.15) is 0 Å². The summed E-state index contributed by atoms with van der Waals surface area (Å²) in [7, 11) is 0. The van der Waals surface area contributed by atoms with Crippen molar-refractivity contribution in [1.29, 1.82) is 0 Å². The smallest absolute Gasteiger partial charge is 0.0815 e. The van der Waals surface area contributed by atoms with Crippen LogP contribution in [0.5, 0.6) is 0 Å². The van der Waals surface area contributed by atoms with Crippen molar-refractivity contribution in [2.45, 2.75) is 26.7 Å². The topological polar surface area (TPSA) is 50.5 Å². The summed E-state index contributed by atoms with van der Waals surface area (Å²) in [4.78, 5) is 18.4. The van der Waals surface area contributed by atoms with Crippen LogP contribution in [0.25, 0.3) is 0 Å². The molecule has 0 spiro atoms. The summed E-state index contributed by atoms with van der Waals surface area (Å²) in [6, 6.07) is 28.5. The highest BCUT2D eigenvalue weighted by Gasteiger charge is 2.05. The highest BCUT2D eigenvalue weighted by atomic mass is 14.8. The molecule has 2 heterocycles. The Morgan fingerprint density at radius 1 is 0.562 bits per heavy atom. The van der Waals surface area contributed by atoms with Gasteiger partial charge in [-0.2, -0.15) is 0 Å². The molecule has 0 atom stereocenters. The van der Waals surface area contributed by atoms with Gasteiger partial charge in [-0.05, 0) is 74.2 Å². The van der Waals surface area contributed by atoms with E-state index in [4.69, 9.17) is 9.98 Å². The van der Waals surface area contributed by atoms with Crippen LogP contribution >= 0.6 is 0 Å². The molecular formula is C28H26N4. The zero-order valence-electron chi connectivity index (χ0n) is 18.4. The molecule has 0 fully saturated rings. The maximum absolute atomic E-state index is 4.71. The van der Waals surface area contributed by atoms with E-state index in [0.29, 0.717) is 0 Å². The first-order valence-electron chi connectivity index (χ1n) is 10.8. The van der Waals surface area contributed by atoms with Crippen molar-refractivity contribution < 1.29 is 0 Å². The van der Waals surface area contributed by atoms with Crippen molar-refractivity contribution in [3.05, 3.63) is 119 Å². The molecule has 4 heteroatoms. The number of nitrogens with zero attached hydrogens (tertiary/aromatic N) is 4. The van der Waals surface area contributed by atoms with Crippen LogP contribution in [0.4, 0.5) is 11.4 Å². The third-order valence-corrected chi connectivity index (χ3v) is 5.14. The van der Waals surface area contributed by atoms with E-state index in [1.807, 2.05) is 74.8 Å². The van der Waals surface area contributed by atoms with E-state index in [1.165, 1.54) is 11.1 Å². The molecule has 4 nitrogen and oxygen atoms in total. The quantitative estimate of drug-likeness (QED) is 0.327. The highest BCUT2D eigenvalue weighted by Crippen LogP contribution is 2.24. The summed E-state index contributed by atoms with van der Waals surface area (Å²) >= 11 is 0. The van der Waals surface area contributed by atoms with E-state index < -0.39 is 0 Å². The highest BCUT2D eigenvalue weighted by molar-refractivity contribution is 5.80. The molecule has 0 saturated carbocycles. The van der Waals surface area contributed by atoms with Gasteiger partial charge in [-0.15, -0.1) is 0 Å². The molecule has 0 bridgehead atoms. The van der Waals surface area contributed by atoms with Gasteiger partial charge in [0.2, 0.25) is 0 Å². The molecule has 32 heavy (non-hydrogen) atoms. The Bertz CT molecular complexity index is 1160. The van der Waals surface area contributed by atoms with Crippen molar-refractivity contribution in [1.82, 2.24) is 9.97 Å². The second kappa shape index (κ2) is 10.4. The third-order valence-electron chi connectivity index (χ3n) is 5.14. The van der Waals surface area contributed by atoms with Crippen LogP contribution in [-0.4, -0.2) is 22.4 Å². The molecule has 4 rings (SSSR count). The first kappa shape index (κ1) is 21.3. The van der Waals surface area contributed by atoms with Gasteiger partial charge in [-0.3, -0.25) is 20.0 Å². The molecule has 2 aromatic carbocycles. The average Bonchev–Trinajstić information content (AvgIpc) is 2.81. The van der Waals surface area contributed by atoms with Crippen LogP contribution in [0.3, 0.4) is 0 Å². The zero-order chi connectivity index (χ0) is 22.2. The standard InChI is InChI=1S/C28H26N4/c1-21-9-7-13-25(31-21)19-29-27-15-5-3-11-23(27)17-18-24-12-4-6-16-28(24)30-20-26-14-8-10-22(2)32-26/h3-16,19-20H,17-18H2,1-2H3. The van der Waals surface area contributed by atoms with Crippen molar-refractivity contribution >= 4 is 23.8 Å². The van der Waals surface area contributed by atoms with Crippen LogP contribution in [0.2, 0.25) is 0 Å². The van der Waals surface area contributed by atoms with E-state index in [9.17, 15) is 0 Å². The summed E-state index contributed by atoms with van der Waals surface area (Å²) in [5, 5.41) is 0. The summed E-state index contributed by atoms with van der Waals surface area (Å²) in [5.41, 5.74) is 8.06. The minimum atomic E-state index is 0.865. The summed E-state index contributed by atoms with van der Waals surface area (Å²) in [6.45, 7) is 3.97. The van der Waals surface area contributed by atoms with Gasteiger partial charge in [-0.25, -0.2) is 0 Å². The Kier molecular flexibility index (Phi) is 6.93. The number of aromatic nitrogens is 2. The number of aliphatic imine (C=N–C) groups is 2.